The minimum Gasteiger partial charge on any atom is -0.317 e. The van der Waals surface area contributed by atoms with E-state index in [1.165, 1.54) is 0 Å². The Kier molecular flexibility index (Phi) is 1.66. The third-order valence-electron chi connectivity index (χ3n) is 1.72. The minimum absolute atomic E-state index is 0.187. The number of rotatable bonds is 2. The number of carbonyl (C=O) groups is 1. The average molecular weight is 167 g/mol. The van der Waals surface area contributed by atoms with Crippen LogP contribution in [0, 0.1) is 5.92 Å². The van der Waals surface area contributed by atoms with Crippen LogP contribution in [0.1, 0.15) is 12.8 Å². The molecule has 58 valence electrons. The Morgan fingerprint density at radius 2 is 2.45 bits per heavy atom. The zero-order valence-electron chi connectivity index (χ0n) is 6.04. The maximum absolute atomic E-state index is 11.2. The lowest BCUT2D eigenvalue weighted by Crippen LogP contribution is -2.11. The molecule has 1 amide bonds. The van der Waals surface area contributed by atoms with E-state index < -0.39 is 0 Å². The summed E-state index contributed by atoms with van der Waals surface area (Å²) < 4.78 is 0. The first-order valence-corrected chi connectivity index (χ1v) is 4.58. The van der Waals surface area contributed by atoms with Gasteiger partial charge in [-0.1, -0.05) is 0 Å². The van der Waals surface area contributed by atoms with Gasteiger partial charge in [0.1, 0.15) is 0 Å². The summed E-state index contributed by atoms with van der Waals surface area (Å²) in [5.41, 5.74) is 0. The molecule has 1 heterocycles. The van der Waals surface area contributed by atoms with Gasteiger partial charge in [0.2, 0.25) is 5.91 Å². The standard InChI is InChI=1S/C8H9NOS/c10-8(6-3-4-6)9-7-2-1-5-11-7/h1-2,5-6H,3-4H2,(H,9,10). The Morgan fingerprint density at radius 1 is 1.64 bits per heavy atom. The van der Waals surface area contributed by atoms with Crippen LogP contribution in [0.15, 0.2) is 17.5 Å². The highest BCUT2D eigenvalue weighted by Crippen LogP contribution is 2.30. The van der Waals surface area contributed by atoms with E-state index >= 15 is 0 Å². The SMILES string of the molecule is O=C(Nc1cccs1)C1CC1. The molecule has 0 radical (unpaired) electrons. The molecule has 0 spiro atoms. The summed E-state index contributed by atoms with van der Waals surface area (Å²) in [5, 5.41) is 5.78. The summed E-state index contributed by atoms with van der Waals surface area (Å²) in [6.45, 7) is 0. The molecule has 1 aliphatic rings. The van der Waals surface area contributed by atoms with Crippen molar-refractivity contribution in [3.05, 3.63) is 17.5 Å². The van der Waals surface area contributed by atoms with Gasteiger partial charge >= 0.3 is 0 Å². The van der Waals surface area contributed by atoms with Gasteiger partial charge in [0.05, 0.1) is 5.00 Å². The van der Waals surface area contributed by atoms with E-state index in [1.54, 1.807) is 11.3 Å². The molecule has 0 atom stereocenters. The van der Waals surface area contributed by atoms with Crippen molar-refractivity contribution in [1.29, 1.82) is 0 Å². The van der Waals surface area contributed by atoms with Crippen LogP contribution in [0.3, 0.4) is 0 Å². The monoisotopic (exact) mass is 167 g/mol. The van der Waals surface area contributed by atoms with Gasteiger partial charge in [0, 0.05) is 5.92 Å². The fourth-order valence-electron chi connectivity index (χ4n) is 0.919. The summed E-state index contributed by atoms with van der Waals surface area (Å²) in [7, 11) is 0. The maximum atomic E-state index is 11.2. The molecule has 0 aromatic carbocycles. The summed E-state index contributed by atoms with van der Waals surface area (Å²) in [5.74, 6) is 0.490. The van der Waals surface area contributed by atoms with Crippen molar-refractivity contribution < 1.29 is 4.79 Å². The molecule has 0 unspecified atom stereocenters. The van der Waals surface area contributed by atoms with Crippen LogP contribution in [0.2, 0.25) is 0 Å². The molecule has 0 bridgehead atoms. The Bertz CT molecular complexity index is 251. The van der Waals surface area contributed by atoms with Crippen molar-refractivity contribution >= 4 is 22.2 Å². The second kappa shape index (κ2) is 2.66. The summed E-state index contributed by atoms with van der Waals surface area (Å²) in [6, 6.07) is 3.86. The molecule has 0 aliphatic heterocycles. The van der Waals surface area contributed by atoms with Crippen molar-refractivity contribution in [3.8, 4) is 0 Å². The van der Waals surface area contributed by atoms with E-state index in [2.05, 4.69) is 5.32 Å². The molecular formula is C8H9NOS. The fourth-order valence-corrected chi connectivity index (χ4v) is 1.54. The molecule has 1 aromatic heterocycles. The molecule has 0 saturated heterocycles. The van der Waals surface area contributed by atoms with Crippen molar-refractivity contribution in [2.24, 2.45) is 5.92 Å². The zero-order chi connectivity index (χ0) is 7.68. The van der Waals surface area contributed by atoms with E-state index in [0.717, 1.165) is 17.8 Å². The fraction of sp³-hybridized carbons (Fsp3) is 0.375. The largest absolute Gasteiger partial charge is 0.317 e. The number of hydrogen-bond donors (Lipinski definition) is 1. The summed E-state index contributed by atoms with van der Waals surface area (Å²) in [4.78, 5) is 11.2. The van der Waals surface area contributed by atoms with Gasteiger partial charge in [-0.05, 0) is 30.4 Å². The lowest BCUT2D eigenvalue weighted by atomic mass is 10.4. The number of amides is 1. The third kappa shape index (κ3) is 1.60. The second-order valence-electron chi connectivity index (χ2n) is 2.74. The van der Waals surface area contributed by atoms with Crippen LogP contribution in [-0.2, 0) is 4.79 Å². The van der Waals surface area contributed by atoms with Crippen molar-refractivity contribution in [1.82, 2.24) is 0 Å². The quantitative estimate of drug-likeness (QED) is 0.718. The van der Waals surface area contributed by atoms with Gasteiger partial charge in [-0.25, -0.2) is 0 Å². The van der Waals surface area contributed by atoms with Crippen LogP contribution in [-0.4, -0.2) is 5.91 Å². The lowest BCUT2D eigenvalue weighted by Gasteiger charge is -1.97. The van der Waals surface area contributed by atoms with Crippen molar-refractivity contribution in [2.45, 2.75) is 12.8 Å². The Balaban J connectivity index is 1.94. The topological polar surface area (TPSA) is 29.1 Å². The number of anilines is 1. The van der Waals surface area contributed by atoms with E-state index in [0.29, 0.717) is 5.92 Å². The lowest BCUT2D eigenvalue weighted by molar-refractivity contribution is -0.117. The summed E-state index contributed by atoms with van der Waals surface area (Å²) >= 11 is 1.56. The van der Waals surface area contributed by atoms with Crippen LogP contribution in [0.4, 0.5) is 5.00 Å². The number of nitrogens with one attached hydrogen (secondary N) is 1. The first-order chi connectivity index (χ1) is 5.36. The van der Waals surface area contributed by atoms with E-state index in [-0.39, 0.29) is 5.91 Å². The molecule has 2 nitrogen and oxygen atoms in total. The average Bonchev–Trinajstić information content (AvgIpc) is 2.73. The van der Waals surface area contributed by atoms with Gasteiger partial charge in [0.15, 0.2) is 0 Å². The Hall–Kier alpha value is -0.830. The van der Waals surface area contributed by atoms with Gasteiger partial charge in [-0.15, -0.1) is 11.3 Å². The van der Waals surface area contributed by atoms with Crippen LogP contribution < -0.4 is 5.32 Å². The highest BCUT2D eigenvalue weighted by atomic mass is 32.1. The number of carbonyl (C=O) groups excluding carboxylic acids is 1. The zero-order valence-corrected chi connectivity index (χ0v) is 6.86. The smallest absolute Gasteiger partial charge is 0.228 e. The molecule has 1 fully saturated rings. The summed E-state index contributed by atoms with van der Waals surface area (Å²) in [6.07, 6.45) is 2.13. The third-order valence-corrected chi connectivity index (χ3v) is 2.50. The van der Waals surface area contributed by atoms with Crippen LogP contribution in [0.5, 0.6) is 0 Å². The van der Waals surface area contributed by atoms with E-state index in [1.807, 2.05) is 17.5 Å². The highest BCUT2D eigenvalue weighted by molar-refractivity contribution is 7.14. The van der Waals surface area contributed by atoms with Gasteiger partial charge in [-0.2, -0.15) is 0 Å². The van der Waals surface area contributed by atoms with Crippen molar-refractivity contribution in [2.75, 3.05) is 5.32 Å². The molecular weight excluding hydrogens is 158 g/mol. The Labute approximate surface area is 69.2 Å². The van der Waals surface area contributed by atoms with Gasteiger partial charge < -0.3 is 5.32 Å². The predicted octanol–water partition coefficient (Wildman–Crippen LogP) is 2.10. The minimum atomic E-state index is 0.187. The number of hydrogen-bond acceptors (Lipinski definition) is 2. The normalized spacial score (nSPS) is 16.4. The maximum Gasteiger partial charge on any atom is 0.228 e. The molecule has 1 saturated carbocycles. The van der Waals surface area contributed by atoms with Crippen LogP contribution in [0.25, 0.3) is 0 Å². The molecule has 2 rings (SSSR count). The highest BCUT2D eigenvalue weighted by Gasteiger charge is 2.29. The first kappa shape index (κ1) is 6.85. The van der Waals surface area contributed by atoms with Gasteiger partial charge in [-0.3, -0.25) is 4.79 Å². The molecule has 1 aliphatic carbocycles. The van der Waals surface area contributed by atoms with E-state index in [4.69, 9.17) is 0 Å². The second-order valence-corrected chi connectivity index (χ2v) is 3.69. The van der Waals surface area contributed by atoms with Crippen LogP contribution >= 0.6 is 11.3 Å². The first-order valence-electron chi connectivity index (χ1n) is 3.70. The molecule has 1 N–H and O–H groups in total. The molecule has 11 heavy (non-hydrogen) atoms. The van der Waals surface area contributed by atoms with Gasteiger partial charge in [0.25, 0.3) is 0 Å². The molecule has 3 heteroatoms. The Morgan fingerprint density at radius 3 is 3.00 bits per heavy atom. The number of thiophene rings is 1. The predicted molar refractivity (Wildman–Crippen MR) is 45.7 cm³/mol. The van der Waals surface area contributed by atoms with Crippen molar-refractivity contribution in [3.63, 3.8) is 0 Å². The van der Waals surface area contributed by atoms with E-state index in [9.17, 15) is 4.79 Å². The molecule has 1 aromatic rings.